The van der Waals surface area contributed by atoms with Gasteiger partial charge in [0.15, 0.2) is 5.16 Å². The van der Waals surface area contributed by atoms with Crippen LogP contribution in [0.3, 0.4) is 0 Å². The lowest BCUT2D eigenvalue weighted by atomic mass is 10.2. The fourth-order valence-electron chi connectivity index (χ4n) is 3.38. The summed E-state index contributed by atoms with van der Waals surface area (Å²) < 4.78 is 1.57. The van der Waals surface area contributed by atoms with Crippen molar-refractivity contribution in [1.82, 2.24) is 19.5 Å². The lowest BCUT2D eigenvalue weighted by Gasteiger charge is -2.15. The minimum Gasteiger partial charge on any atom is -0.294 e. The summed E-state index contributed by atoms with van der Waals surface area (Å²) in [4.78, 5) is 40.9. The van der Waals surface area contributed by atoms with Crippen LogP contribution >= 0.6 is 23.1 Å². The van der Waals surface area contributed by atoms with E-state index < -0.39 is 5.25 Å². The summed E-state index contributed by atoms with van der Waals surface area (Å²) in [6.07, 6.45) is 3.12. The van der Waals surface area contributed by atoms with E-state index in [0.717, 1.165) is 10.4 Å². The highest BCUT2D eigenvalue weighted by Crippen LogP contribution is 2.33. The maximum atomic E-state index is 13.6. The van der Waals surface area contributed by atoms with Crippen molar-refractivity contribution in [1.29, 1.82) is 0 Å². The Morgan fingerprint density at radius 1 is 1.00 bits per heavy atom. The smallest absolute Gasteiger partial charge is 0.267 e. The van der Waals surface area contributed by atoms with E-state index in [9.17, 15) is 9.59 Å². The Morgan fingerprint density at radius 2 is 1.68 bits per heavy atom. The molecule has 0 aliphatic heterocycles. The third-order valence-corrected chi connectivity index (χ3v) is 7.19. The van der Waals surface area contributed by atoms with E-state index in [-0.39, 0.29) is 17.4 Å². The van der Waals surface area contributed by atoms with Gasteiger partial charge in [0.25, 0.3) is 5.56 Å². The van der Waals surface area contributed by atoms with Crippen molar-refractivity contribution in [3.8, 4) is 16.1 Å². The van der Waals surface area contributed by atoms with Crippen LogP contribution in [0, 0.1) is 0 Å². The Kier molecular flexibility index (Phi) is 6.20. The molecule has 1 unspecified atom stereocenters. The third-order valence-electron chi connectivity index (χ3n) is 5.06. The summed E-state index contributed by atoms with van der Waals surface area (Å²) in [6, 6.07) is 22.8. The number of anilines is 1. The molecule has 9 heteroatoms. The van der Waals surface area contributed by atoms with Crippen LogP contribution in [0.25, 0.3) is 26.3 Å². The maximum Gasteiger partial charge on any atom is 0.267 e. The molecule has 0 saturated carbocycles. The third kappa shape index (κ3) is 4.48. The number of amides is 1. The van der Waals surface area contributed by atoms with Crippen LogP contribution in [0.1, 0.15) is 6.92 Å². The molecule has 0 aliphatic carbocycles. The molecule has 5 rings (SSSR count). The Labute approximate surface area is 203 Å². The lowest BCUT2D eigenvalue weighted by Crippen LogP contribution is -2.26. The predicted molar refractivity (Wildman–Crippen MR) is 137 cm³/mol. The van der Waals surface area contributed by atoms with Gasteiger partial charge in [-0.3, -0.25) is 19.5 Å². The van der Waals surface area contributed by atoms with Gasteiger partial charge in [0, 0.05) is 17.3 Å². The first-order valence-corrected chi connectivity index (χ1v) is 12.2. The van der Waals surface area contributed by atoms with Gasteiger partial charge in [0.05, 0.1) is 16.3 Å². The van der Waals surface area contributed by atoms with Gasteiger partial charge in [-0.25, -0.2) is 15.0 Å². The summed E-state index contributed by atoms with van der Waals surface area (Å²) in [7, 11) is 0. The van der Waals surface area contributed by atoms with Crippen molar-refractivity contribution < 1.29 is 4.79 Å². The van der Waals surface area contributed by atoms with E-state index in [1.54, 1.807) is 30.0 Å². The maximum absolute atomic E-state index is 13.6. The van der Waals surface area contributed by atoms with Crippen molar-refractivity contribution in [3.05, 3.63) is 95.5 Å². The highest BCUT2D eigenvalue weighted by atomic mass is 32.2. The van der Waals surface area contributed by atoms with Crippen LogP contribution in [-0.4, -0.2) is 30.7 Å². The number of benzene rings is 2. The molecule has 34 heavy (non-hydrogen) atoms. The van der Waals surface area contributed by atoms with E-state index in [1.165, 1.54) is 23.1 Å². The second-order valence-corrected chi connectivity index (χ2v) is 9.73. The molecule has 0 spiro atoms. The summed E-state index contributed by atoms with van der Waals surface area (Å²) in [6.45, 7) is 1.76. The predicted octanol–water partition coefficient (Wildman–Crippen LogP) is 5.02. The fraction of sp³-hybridized carbons (Fsp3) is 0.0800. The van der Waals surface area contributed by atoms with Crippen LogP contribution in [0.15, 0.2) is 95.1 Å². The van der Waals surface area contributed by atoms with Gasteiger partial charge in [-0.15, -0.1) is 11.3 Å². The van der Waals surface area contributed by atoms with Gasteiger partial charge in [0.1, 0.15) is 4.83 Å². The van der Waals surface area contributed by atoms with Crippen LogP contribution in [0.5, 0.6) is 0 Å². The number of hydrogen-bond acceptors (Lipinski definition) is 7. The van der Waals surface area contributed by atoms with Crippen molar-refractivity contribution in [3.63, 3.8) is 0 Å². The zero-order valence-electron chi connectivity index (χ0n) is 18.1. The fourth-order valence-corrected chi connectivity index (χ4v) is 5.38. The number of hydrogen-bond donors (Lipinski definition) is 1. The highest BCUT2D eigenvalue weighted by Gasteiger charge is 2.22. The minimum absolute atomic E-state index is 0.170. The molecule has 0 bridgehead atoms. The molecule has 5 aromatic rings. The van der Waals surface area contributed by atoms with Gasteiger partial charge in [-0.1, -0.05) is 60.3 Å². The normalized spacial score (nSPS) is 11.9. The number of rotatable bonds is 6. The van der Waals surface area contributed by atoms with Crippen molar-refractivity contribution in [2.24, 2.45) is 0 Å². The summed E-state index contributed by atoms with van der Waals surface area (Å²) in [5.74, 6) is -0.0455. The topological polar surface area (TPSA) is 89.8 Å². The molecule has 3 aromatic heterocycles. The molecule has 7 nitrogen and oxygen atoms in total. The van der Waals surface area contributed by atoms with Crippen molar-refractivity contribution >= 4 is 45.2 Å². The average Bonchev–Trinajstić information content (AvgIpc) is 3.30. The number of carbonyl (C=O) groups excluding carboxylic acids is 1. The van der Waals surface area contributed by atoms with Crippen LogP contribution in [-0.2, 0) is 4.79 Å². The molecule has 0 saturated heterocycles. The number of carbonyl (C=O) groups is 1. The van der Waals surface area contributed by atoms with Crippen molar-refractivity contribution in [2.75, 3.05) is 5.32 Å². The molecule has 1 amide bonds. The molecular formula is C25H19N5O2S2. The lowest BCUT2D eigenvalue weighted by molar-refractivity contribution is -0.115. The molecule has 1 N–H and O–H groups in total. The molecule has 0 aliphatic rings. The molecule has 168 valence electrons. The first kappa shape index (κ1) is 22.0. The van der Waals surface area contributed by atoms with Crippen molar-refractivity contribution in [2.45, 2.75) is 17.3 Å². The highest BCUT2D eigenvalue weighted by molar-refractivity contribution is 8.00. The zero-order chi connectivity index (χ0) is 23.5. The molecule has 0 fully saturated rings. The van der Waals surface area contributed by atoms with E-state index in [1.807, 2.05) is 66.7 Å². The summed E-state index contributed by atoms with van der Waals surface area (Å²) in [5, 5.41) is 3.15. The SMILES string of the molecule is CC(Sc1nc2sc(-c3ccccc3)cc2c(=O)n1-c1ccccc1)C(=O)Nc1ncccn1. The molecule has 0 radical (unpaired) electrons. The van der Waals surface area contributed by atoms with Crippen LogP contribution in [0.2, 0.25) is 0 Å². The Balaban J connectivity index is 1.56. The van der Waals surface area contributed by atoms with E-state index in [4.69, 9.17) is 4.98 Å². The van der Waals surface area contributed by atoms with E-state index >= 15 is 0 Å². The molecular weight excluding hydrogens is 466 g/mol. The number of nitrogens with zero attached hydrogens (tertiary/aromatic N) is 4. The van der Waals surface area contributed by atoms with Crippen LogP contribution < -0.4 is 10.9 Å². The minimum atomic E-state index is -0.545. The number of thiophene rings is 1. The Morgan fingerprint density at radius 3 is 2.38 bits per heavy atom. The Bertz CT molecular complexity index is 1500. The van der Waals surface area contributed by atoms with Gasteiger partial charge in [0.2, 0.25) is 11.9 Å². The molecule has 2 aromatic carbocycles. The quantitative estimate of drug-likeness (QED) is 0.268. The summed E-state index contributed by atoms with van der Waals surface area (Å²) in [5.41, 5.74) is 1.55. The largest absolute Gasteiger partial charge is 0.294 e. The zero-order valence-corrected chi connectivity index (χ0v) is 19.7. The molecule has 3 heterocycles. The van der Waals surface area contributed by atoms with Crippen LogP contribution in [0.4, 0.5) is 5.95 Å². The number of thioether (sulfide) groups is 1. The van der Waals surface area contributed by atoms with Gasteiger partial charge < -0.3 is 0 Å². The second-order valence-electron chi connectivity index (χ2n) is 7.39. The standard InChI is InChI=1S/C25H19N5O2S2/c1-16(21(31)28-24-26-13-8-14-27-24)33-25-29-22-19(15-20(34-22)17-9-4-2-5-10-17)23(32)30(25)18-11-6-3-7-12-18/h2-16H,1H3,(H,26,27,28,31). The van der Waals surface area contributed by atoms with E-state index in [2.05, 4.69) is 15.3 Å². The number of para-hydroxylation sites is 1. The molecule has 1 atom stereocenters. The first-order valence-electron chi connectivity index (χ1n) is 10.5. The van der Waals surface area contributed by atoms with E-state index in [0.29, 0.717) is 21.1 Å². The monoisotopic (exact) mass is 485 g/mol. The van der Waals surface area contributed by atoms with Gasteiger partial charge >= 0.3 is 0 Å². The Hall–Kier alpha value is -3.82. The number of aromatic nitrogens is 4. The second kappa shape index (κ2) is 9.58. The van der Waals surface area contributed by atoms with Gasteiger partial charge in [-0.05, 0) is 36.8 Å². The number of fused-ring (bicyclic) bond motifs is 1. The average molecular weight is 486 g/mol. The first-order chi connectivity index (χ1) is 16.6. The number of nitrogens with one attached hydrogen (secondary N) is 1. The van der Waals surface area contributed by atoms with Gasteiger partial charge in [-0.2, -0.15) is 0 Å². The summed E-state index contributed by atoms with van der Waals surface area (Å²) >= 11 is 2.68.